The van der Waals surface area contributed by atoms with Crippen LogP contribution in [0.1, 0.15) is 23.8 Å². The van der Waals surface area contributed by atoms with Crippen molar-refractivity contribution in [2.75, 3.05) is 0 Å². The van der Waals surface area contributed by atoms with Gasteiger partial charge in [-0.3, -0.25) is 4.79 Å². The van der Waals surface area contributed by atoms with E-state index in [9.17, 15) is 4.79 Å². The number of amides is 1. The van der Waals surface area contributed by atoms with E-state index in [4.69, 9.17) is 23.2 Å². The molecule has 5 heteroatoms. The van der Waals surface area contributed by atoms with E-state index in [2.05, 4.69) is 21.2 Å². The maximum atomic E-state index is 11.7. The van der Waals surface area contributed by atoms with Crippen molar-refractivity contribution in [1.82, 2.24) is 5.32 Å². The van der Waals surface area contributed by atoms with Crippen LogP contribution in [0, 0.1) is 0 Å². The van der Waals surface area contributed by atoms with Crippen molar-refractivity contribution < 1.29 is 4.79 Å². The summed E-state index contributed by atoms with van der Waals surface area (Å²) in [5.41, 5.74) is 0.643. The maximum absolute atomic E-state index is 11.7. The van der Waals surface area contributed by atoms with Gasteiger partial charge >= 0.3 is 0 Å². The zero-order valence-corrected chi connectivity index (χ0v) is 11.4. The molecule has 86 valence electrons. The zero-order chi connectivity index (χ0) is 11.7. The SMILES string of the molecule is O=C(NC1CC1)C(Cl)c1ccc(Br)cc1Cl. The molecule has 0 aromatic heterocycles. The molecule has 16 heavy (non-hydrogen) atoms. The van der Waals surface area contributed by atoms with E-state index in [-0.39, 0.29) is 5.91 Å². The molecule has 1 aliphatic carbocycles. The Morgan fingerprint density at radius 3 is 2.75 bits per heavy atom. The van der Waals surface area contributed by atoms with Gasteiger partial charge < -0.3 is 5.32 Å². The van der Waals surface area contributed by atoms with Gasteiger partial charge in [0.2, 0.25) is 5.91 Å². The Kier molecular flexibility index (Phi) is 3.77. The van der Waals surface area contributed by atoms with Crippen LogP contribution in [-0.2, 0) is 4.79 Å². The van der Waals surface area contributed by atoms with Crippen molar-refractivity contribution in [1.29, 1.82) is 0 Å². The van der Waals surface area contributed by atoms with Crippen molar-refractivity contribution in [2.24, 2.45) is 0 Å². The lowest BCUT2D eigenvalue weighted by molar-refractivity contribution is -0.121. The average Bonchev–Trinajstić information content (AvgIpc) is 3.00. The molecule has 0 radical (unpaired) electrons. The van der Waals surface area contributed by atoms with Crippen molar-refractivity contribution in [3.63, 3.8) is 0 Å². The van der Waals surface area contributed by atoms with Gasteiger partial charge in [0.25, 0.3) is 0 Å². The highest BCUT2D eigenvalue weighted by atomic mass is 79.9. The van der Waals surface area contributed by atoms with Crippen LogP contribution in [0.3, 0.4) is 0 Å². The van der Waals surface area contributed by atoms with Crippen LogP contribution < -0.4 is 5.32 Å². The van der Waals surface area contributed by atoms with Gasteiger partial charge in [-0.2, -0.15) is 0 Å². The summed E-state index contributed by atoms with van der Waals surface area (Å²) in [6, 6.07) is 5.62. The van der Waals surface area contributed by atoms with E-state index < -0.39 is 5.38 Å². The second-order valence-electron chi connectivity index (χ2n) is 3.81. The van der Waals surface area contributed by atoms with Gasteiger partial charge in [-0.15, -0.1) is 11.6 Å². The molecule has 1 amide bonds. The summed E-state index contributed by atoms with van der Waals surface area (Å²) in [7, 11) is 0. The molecule has 1 aromatic carbocycles. The summed E-state index contributed by atoms with van der Waals surface area (Å²) in [4.78, 5) is 11.7. The lowest BCUT2D eigenvalue weighted by Gasteiger charge is -2.12. The molecule has 1 aliphatic rings. The maximum Gasteiger partial charge on any atom is 0.242 e. The highest BCUT2D eigenvalue weighted by Crippen LogP contribution is 2.31. The second kappa shape index (κ2) is 4.94. The molecule has 0 heterocycles. The van der Waals surface area contributed by atoms with E-state index in [1.54, 1.807) is 12.1 Å². The van der Waals surface area contributed by atoms with Crippen molar-refractivity contribution in [3.8, 4) is 0 Å². The van der Waals surface area contributed by atoms with E-state index in [1.807, 2.05) is 6.07 Å². The molecule has 0 bridgehead atoms. The van der Waals surface area contributed by atoms with E-state index in [0.29, 0.717) is 16.6 Å². The fraction of sp³-hybridized carbons (Fsp3) is 0.364. The molecule has 1 atom stereocenters. The summed E-state index contributed by atoms with van der Waals surface area (Å²) in [5, 5.41) is 2.63. The number of carbonyl (C=O) groups excluding carboxylic acids is 1. The number of nitrogens with one attached hydrogen (secondary N) is 1. The third kappa shape index (κ3) is 2.90. The lowest BCUT2D eigenvalue weighted by atomic mass is 10.1. The Morgan fingerprint density at radius 2 is 2.19 bits per heavy atom. The highest BCUT2D eigenvalue weighted by molar-refractivity contribution is 9.10. The molecule has 0 spiro atoms. The first-order chi connectivity index (χ1) is 7.58. The number of rotatable bonds is 3. The minimum Gasteiger partial charge on any atom is -0.352 e. The minimum absolute atomic E-state index is 0.173. The van der Waals surface area contributed by atoms with Crippen LogP contribution in [0.4, 0.5) is 0 Å². The van der Waals surface area contributed by atoms with Crippen LogP contribution in [-0.4, -0.2) is 11.9 Å². The second-order valence-corrected chi connectivity index (χ2v) is 5.57. The third-order valence-electron chi connectivity index (χ3n) is 2.39. The quantitative estimate of drug-likeness (QED) is 0.845. The van der Waals surface area contributed by atoms with E-state index in [1.165, 1.54) is 0 Å². The first kappa shape index (κ1) is 12.2. The van der Waals surface area contributed by atoms with Gasteiger partial charge in [0, 0.05) is 15.5 Å². The van der Waals surface area contributed by atoms with Crippen LogP contribution in [0.25, 0.3) is 0 Å². The Morgan fingerprint density at radius 1 is 1.50 bits per heavy atom. The number of hydrogen-bond acceptors (Lipinski definition) is 1. The normalized spacial score (nSPS) is 16.9. The molecule has 0 aliphatic heterocycles. The highest BCUT2D eigenvalue weighted by Gasteiger charge is 2.28. The van der Waals surface area contributed by atoms with Crippen LogP contribution in [0.2, 0.25) is 5.02 Å². The van der Waals surface area contributed by atoms with E-state index in [0.717, 1.165) is 17.3 Å². The molecule has 1 fully saturated rings. The number of alkyl halides is 1. The van der Waals surface area contributed by atoms with Crippen molar-refractivity contribution in [3.05, 3.63) is 33.3 Å². The fourth-order valence-electron chi connectivity index (χ4n) is 1.35. The van der Waals surface area contributed by atoms with Crippen molar-refractivity contribution >= 4 is 45.0 Å². The fourth-order valence-corrected chi connectivity index (χ4v) is 2.44. The summed E-state index contributed by atoms with van der Waals surface area (Å²) in [6.45, 7) is 0. The standard InChI is InChI=1S/C11H10BrCl2NO/c12-6-1-4-8(9(13)5-6)10(14)11(16)15-7-2-3-7/h1,4-5,7,10H,2-3H2,(H,15,16). The predicted molar refractivity (Wildman–Crippen MR) is 68.9 cm³/mol. The molecule has 2 nitrogen and oxygen atoms in total. The molecule has 0 saturated heterocycles. The topological polar surface area (TPSA) is 29.1 Å². The van der Waals surface area contributed by atoms with Crippen LogP contribution in [0.5, 0.6) is 0 Å². The summed E-state index contributed by atoms with van der Waals surface area (Å²) < 4.78 is 0.868. The molecule has 1 aromatic rings. The van der Waals surface area contributed by atoms with Crippen molar-refractivity contribution in [2.45, 2.75) is 24.3 Å². The molecular weight excluding hydrogens is 313 g/mol. The van der Waals surface area contributed by atoms with Gasteiger partial charge in [-0.25, -0.2) is 0 Å². The first-order valence-corrected chi connectivity index (χ1v) is 6.58. The molecular formula is C11H10BrCl2NO. The predicted octanol–water partition coefficient (Wildman–Crippen LogP) is 3.66. The van der Waals surface area contributed by atoms with E-state index >= 15 is 0 Å². The van der Waals surface area contributed by atoms with Gasteiger partial charge in [0.05, 0.1) is 0 Å². The Balaban J connectivity index is 2.12. The number of halogens is 3. The number of carbonyl (C=O) groups is 1. The van der Waals surface area contributed by atoms with Crippen LogP contribution in [0.15, 0.2) is 22.7 Å². The van der Waals surface area contributed by atoms with Gasteiger partial charge in [-0.1, -0.05) is 33.6 Å². The molecule has 1 saturated carbocycles. The zero-order valence-electron chi connectivity index (χ0n) is 8.34. The molecule has 1 unspecified atom stereocenters. The van der Waals surface area contributed by atoms with Crippen LogP contribution >= 0.6 is 39.1 Å². The molecule has 1 N–H and O–H groups in total. The largest absolute Gasteiger partial charge is 0.352 e. The summed E-state index contributed by atoms with van der Waals surface area (Å²) in [5.74, 6) is -0.173. The summed E-state index contributed by atoms with van der Waals surface area (Å²) >= 11 is 15.4. The monoisotopic (exact) mass is 321 g/mol. The third-order valence-corrected chi connectivity index (χ3v) is 3.64. The average molecular weight is 323 g/mol. The Hall–Kier alpha value is -0.250. The number of hydrogen-bond donors (Lipinski definition) is 1. The Bertz CT molecular complexity index is 420. The summed E-state index contributed by atoms with van der Waals surface area (Å²) in [6.07, 6.45) is 2.09. The Labute approximate surface area is 112 Å². The van der Waals surface area contributed by atoms with Gasteiger partial charge in [0.1, 0.15) is 5.38 Å². The van der Waals surface area contributed by atoms with Gasteiger partial charge in [-0.05, 0) is 30.5 Å². The minimum atomic E-state index is -0.721. The first-order valence-electron chi connectivity index (χ1n) is 4.97. The number of benzene rings is 1. The smallest absolute Gasteiger partial charge is 0.242 e. The lowest BCUT2D eigenvalue weighted by Crippen LogP contribution is -2.28. The molecule has 2 rings (SSSR count). The van der Waals surface area contributed by atoms with Gasteiger partial charge in [0.15, 0.2) is 0 Å².